The van der Waals surface area contributed by atoms with Crippen LogP contribution in [-0.2, 0) is 11.2 Å². The Kier molecular flexibility index (Phi) is 3.47. The maximum atomic E-state index is 12.4. The second kappa shape index (κ2) is 5.27. The van der Waals surface area contributed by atoms with Crippen molar-refractivity contribution in [1.82, 2.24) is 14.3 Å². The van der Waals surface area contributed by atoms with Crippen molar-refractivity contribution >= 4 is 11.6 Å². The molecule has 1 amide bonds. The van der Waals surface area contributed by atoms with Crippen LogP contribution in [0.5, 0.6) is 0 Å². The molecule has 0 saturated carbocycles. The third-order valence-electron chi connectivity index (χ3n) is 4.12. The van der Waals surface area contributed by atoms with Crippen LogP contribution >= 0.6 is 0 Å². The predicted molar refractivity (Wildman–Crippen MR) is 78.7 cm³/mol. The topological polar surface area (TPSA) is 37.6 Å². The van der Waals surface area contributed by atoms with Crippen molar-refractivity contribution in [1.29, 1.82) is 0 Å². The zero-order valence-corrected chi connectivity index (χ0v) is 12.2. The van der Waals surface area contributed by atoms with Crippen molar-refractivity contribution in [2.75, 3.05) is 6.54 Å². The number of likely N-dealkylation sites (tertiary alicyclic amines) is 1. The summed E-state index contributed by atoms with van der Waals surface area (Å²) in [4.78, 5) is 19.0. The van der Waals surface area contributed by atoms with Crippen molar-refractivity contribution in [2.45, 2.75) is 45.6 Å². The van der Waals surface area contributed by atoms with Gasteiger partial charge in [0, 0.05) is 25.0 Å². The monoisotopic (exact) mass is 271 g/mol. The molecule has 3 rings (SSSR count). The summed E-state index contributed by atoms with van der Waals surface area (Å²) < 4.78 is 1.98. The molecule has 0 bridgehead atoms. The molecule has 0 aromatic carbocycles. The van der Waals surface area contributed by atoms with Gasteiger partial charge in [-0.15, -0.1) is 0 Å². The fourth-order valence-corrected chi connectivity index (χ4v) is 2.95. The van der Waals surface area contributed by atoms with E-state index in [9.17, 15) is 4.79 Å². The van der Waals surface area contributed by atoms with Gasteiger partial charge in [-0.05, 0) is 50.8 Å². The van der Waals surface area contributed by atoms with Crippen LogP contribution in [0.15, 0.2) is 24.5 Å². The molecule has 1 aliphatic heterocycles. The molecule has 4 nitrogen and oxygen atoms in total. The summed E-state index contributed by atoms with van der Waals surface area (Å²) in [6, 6.07) is 4.46. The number of aromatic nitrogens is 2. The van der Waals surface area contributed by atoms with E-state index in [-0.39, 0.29) is 5.91 Å². The van der Waals surface area contributed by atoms with Gasteiger partial charge in [-0.3, -0.25) is 4.79 Å². The van der Waals surface area contributed by atoms with Crippen LogP contribution in [0.25, 0.3) is 5.65 Å². The van der Waals surface area contributed by atoms with Gasteiger partial charge >= 0.3 is 0 Å². The van der Waals surface area contributed by atoms with E-state index in [2.05, 4.69) is 18.8 Å². The number of carbonyl (C=O) groups excluding carboxylic acids is 1. The zero-order chi connectivity index (χ0) is 14.1. The normalized spacial score (nSPS) is 19.5. The Morgan fingerprint density at radius 3 is 3.10 bits per heavy atom. The van der Waals surface area contributed by atoms with Gasteiger partial charge in [0.05, 0.1) is 12.1 Å². The quantitative estimate of drug-likeness (QED) is 0.842. The Labute approximate surface area is 119 Å². The van der Waals surface area contributed by atoms with E-state index < -0.39 is 0 Å². The van der Waals surface area contributed by atoms with E-state index in [1.54, 1.807) is 0 Å². The first-order valence-electron chi connectivity index (χ1n) is 7.37. The number of carbonyl (C=O) groups is 1. The number of aryl methyl sites for hydroxylation is 1. The molecule has 2 aromatic heterocycles. The summed E-state index contributed by atoms with van der Waals surface area (Å²) >= 11 is 0. The number of piperidine rings is 1. The van der Waals surface area contributed by atoms with E-state index >= 15 is 0 Å². The minimum Gasteiger partial charge on any atom is -0.340 e. The lowest BCUT2D eigenvalue weighted by molar-refractivity contribution is -0.133. The Morgan fingerprint density at radius 2 is 2.30 bits per heavy atom. The number of fused-ring (bicyclic) bond motifs is 1. The number of pyridine rings is 1. The van der Waals surface area contributed by atoms with Crippen molar-refractivity contribution in [3.05, 3.63) is 35.8 Å². The Hall–Kier alpha value is -1.84. The maximum Gasteiger partial charge on any atom is 0.228 e. The minimum atomic E-state index is 0.206. The number of hydrogen-bond acceptors (Lipinski definition) is 2. The molecule has 1 fully saturated rings. The molecule has 1 atom stereocenters. The zero-order valence-electron chi connectivity index (χ0n) is 12.2. The number of nitrogens with zero attached hydrogens (tertiary/aromatic N) is 3. The lowest BCUT2D eigenvalue weighted by atomic mass is 10.0. The molecular weight excluding hydrogens is 250 g/mol. The van der Waals surface area contributed by atoms with Crippen molar-refractivity contribution in [3.63, 3.8) is 0 Å². The lowest BCUT2D eigenvalue weighted by Crippen LogP contribution is -2.42. The van der Waals surface area contributed by atoms with Crippen molar-refractivity contribution < 1.29 is 4.79 Å². The summed E-state index contributed by atoms with van der Waals surface area (Å²) in [5.41, 5.74) is 2.96. The van der Waals surface area contributed by atoms with Gasteiger partial charge in [0.25, 0.3) is 0 Å². The molecule has 3 heterocycles. The van der Waals surface area contributed by atoms with E-state index in [1.165, 1.54) is 12.0 Å². The summed E-state index contributed by atoms with van der Waals surface area (Å²) in [7, 11) is 0. The average molecular weight is 271 g/mol. The van der Waals surface area contributed by atoms with Crippen LogP contribution in [0.4, 0.5) is 0 Å². The van der Waals surface area contributed by atoms with Gasteiger partial charge < -0.3 is 9.30 Å². The molecule has 1 unspecified atom stereocenters. The van der Waals surface area contributed by atoms with Crippen molar-refractivity contribution in [2.24, 2.45) is 0 Å². The van der Waals surface area contributed by atoms with Crippen LogP contribution in [0.2, 0.25) is 0 Å². The van der Waals surface area contributed by atoms with E-state index in [0.29, 0.717) is 12.5 Å². The first-order valence-corrected chi connectivity index (χ1v) is 7.37. The summed E-state index contributed by atoms with van der Waals surface area (Å²) in [6.07, 6.45) is 7.84. The highest BCUT2D eigenvalue weighted by atomic mass is 16.2. The van der Waals surface area contributed by atoms with Gasteiger partial charge in [0.1, 0.15) is 5.65 Å². The average Bonchev–Trinajstić information content (AvgIpc) is 2.80. The van der Waals surface area contributed by atoms with Gasteiger partial charge in [0.2, 0.25) is 5.91 Å². The van der Waals surface area contributed by atoms with Crippen molar-refractivity contribution in [3.8, 4) is 0 Å². The number of hydrogen-bond donors (Lipinski definition) is 0. The van der Waals surface area contributed by atoms with Gasteiger partial charge in [-0.2, -0.15) is 0 Å². The molecule has 1 aliphatic rings. The first-order chi connectivity index (χ1) is 9.63. The lowest BCUT2D eigenvalue weighted by Gasteiger charge is -2.33. The highest BCUT2D eigenvalue weighted by Gasteiger charge is 2.23. The summed E-state index contributed by atoms with van der Waals surface area (Å²) in [6.45, 7) is 5.09. The standard InChI is InChI=1S/C16H21N3O/c1-12-6-8-18-11-14(17-15(18)9-12)10-16(20)19-7-4-3-5-13(19)2/h6,8-9,11,13H,3-5,7,10H2,1-2H3. The minimum absolute atomic E-state index is 0.206. The predicted octanol–water partition coefficient (Wildman–Crippen LogP) is 2.59. The fourth-order valence-electron chi connectivity index (χ4n) is 2.95. The molecule has 0 aliphatic carbocycles. The molecule has 106 valence electrons. The van der Waals surface area contributed by atoms with Crippen LogP contribution in [-0.4, -0.2) is 32.8 Å². The number of imidazole rings is 1. The maximum absolute atomic E-state index is 12.4. The highest BCUT2D eigenvalue weighted by molar-refractivity contribution is 5.79. The van der Waals surface area contributed by atoms with Crippen LogP contribution in [0, 0.1) is 6.92 Å². The molecule has 0 radical (unpaired) electrons. The second-order valence-electron chi connectivity index (χ2n) is 5.81. The molecule has 2 aromatic rings. The summed E-state index contributed by atoms with van der Waals surface area (Å²) in [5, 5.41) is 0. The van der Waals surface area contributed by atoms with E-state index in [4.69, 9.17) is 0 Å². The Balaban J connectivity index is 1.76. The highest BCUT2D eigenvalue weighted by Crippen LogP contribution is 2.18. The number of amides is 1. The molecule has 4 heteroatoms. The Morgan fingerprint density at radius 1 is 1.45 bits per heavy atom. The van der Waals surface area contributed by atoms with E-state index in [0.717, 1.165) is 30.7 Å². The second-order valence-corrected chi connectivity index (χ2v) is 5.81. The Bertz CT molecular complexity index is 632. The van der Waals surface area contributed by atoms with Gasteiger partial charge in [-0.1, -0.05) is 0 Å². The third-order valence-corrected chi connectivity index (χ3v) is 4.12. The SMILES string of the molecule is Cc1ccn2cc(CC(=O)N3CCCCC3C)nc2c1. The van der Waals surface area contributed by atoms with Gasteiger partial charge in [0.15, 0.2) is 0 Å². The molecular formula is C16H21N3O. The van der Waals surface area contributed by atoms with Crippen LogP contribution in [0.1, 0.15) is 37.4 Å². The van der Waals surface area contributed by atoms with Gasteiger partial charge in [-0.25, -0.2) is 4.98 Å². The smallest absolute Gasteiger partial charge is 0.228 e. The first kappa shape index (κ1) is 13.2. The molecule has 20 heavy (non-hydrogen) atoms. The fraction of sp³-hybridized carbons (Fsp3) is 0.500. The van der Waals surface area contributed by atoms with E-state index in [1.807, 2.05) is 33.8 Å². The third kappa shape index (κ3) is 2.55. The summed E-state index contributed by atoms with van der Waals surface area (Å²) in [5.74, 6) is 0.206. The van der Waals surface area contributed by atoms with Crippen LogP contribution < -0.4 is 0 Å². The molecule has 1 saturated heterocycles. The van der Waals surface area contributed by atoms with Crippen LogP contribution in [0.3, 0.4) is 0 Å². The number of rotatable bonds is 2. The molecule has 0 N–H and O–H groups in total. The molecule has 0 spiro atoms. The largest absolute Gasteiger partial charge is 0.340 e.